The van der Waals surface area contributed by atoms with Crippen molar-refractivity contribution < 1.29 is 18.8 Å². The van der Waals surface area contributed by atoms with Gasteiger partial charge in [0.15, 0.2) is 5.78 Å². The van der Waals surface area contributed by atoms with Gasteiger partial charge in [-0.1, -0.05) is 12.1 Å². The summed E-state index contributed by atoms with van der Waals surface area (Å²) in [6.45, 7) is 5.11. The van der Waals surface area contributed by atoms with E-state index >= 15 is 0 Å². The van der Waals surface area contributed by atoms with E-state index in [2.05, 4.69) is 4.90 Å². The van der Waals surface area contributed by atoms with E-state index in [1.54, 1.807) is 41.3 Å². The molecule has 0 saturated carbocycles. The lowest BCUT2D eigenvalue weighted by Crippen LogP contribution is -2.51. The van der Waals surface area contributed by atoms with Gasteiger partial charge in [-0.05, 0) is 43.3 Å². The molecule has 7 heteroatoms. The molecule has 2 amide bonds. The SMILES string of the molecule is CC(=O)c1cccc(N(CC(=O)N2CCN(c3ccc(F)cc3)CC2)C(C)=O)c1. The Bertz CT molecular complexity index is 906. The van der Waals surface area contributed by atoms with Crippen LogP contribution in [0.5, 0.6) is 0 Å². The van der Waals surface area contributed by atoms with E-state index < -0.39 is 0 Å². The number of anilines is 2. The largest absolute Gasteiger partial charge is 0.368 e. The summed E-state index contributed by atoms with van der Waals surface area (Å²) < 4.78 is 13.1. The van der Waals surface area contributed by atoms with Crippen LogP contribution in [-0.4, -0.2) is 55.2 Å². The molecule has 0 radical (unpaired) electrons. The zero-order chi connectivity index (χ0) is 21.0. The number of hydrogen-bond acceptors (Lipinski definition) is 4. The Morgan fingerprint density at radius 1 is 0.966 bits per heavy atom. The summed E-state index contributed by atoms with van der Waals surface area (Å²) in [4.78, 5) is 41.8. The van der Waals surface area contributed by atoms with Gasteiger partial charge in [0, 0.05) is 50.0 Å². The third-order valence-electron chi connectivity index (χ3n) is 5.06. The first-order valence-corrected chi connectivity index (χ1v) is 9.52. The minimum atomic E-state index is -0.277. The topological polar surface area (TPSA) is 60.9 Å². The van der Waals surface area contributed by atoms with Crippen molar-refractivity contribution in [3.05, 3.63) is 59.9 Å². The molecule has 2 aromatic rings. The molecule has 0 unspecified atom stereocenters. The molecule has 6 nitrogen and oxygen atoms in total. The number of piperazine rings is 1. The number of Topliss-reactive ketones (excluding diaryl/α,β-unsaturated/α-hetero) is 1. The summed E-state index contributed by atoms with van der Waals surface area (Å²) in [6, 6.07) is 13.0. The first kappa shape index (κ1) is 20.5. The Kier molecular flexibility index (Phi) is 6.26. The van der Waals surface area contributed by atoms with Crippen molar-refractivity contribution in [2.24, 2.45) is 0 Å². The highest BCUT2D eigenvalue weighted by Gasteiger charge is 2.24. The molecule has 0 aromatic heterocycles. The van der Waals surface area contributed by atoms with E-state index in [1.165, 1.54) is 30.9 Å². The average Bonchev–Trinajstić information content (AvgIpc) is 2.72. The van der Waals surface area contributed by atoms with Crippen molar-refractivity contribution >= 4 is 29.0 Å². The first-order valence-electron chi connectivity index (χ1n) is 9.52. The number of carbonyl (C=O) groups is 3. The van der Waals surface area contributed by atoms with Crippen molar-refractivity contribution in [1.82, 2.24) is 4.90 Å². The van der Waals surface area contributed by atoms with Gasteiger partial charge in [-0.25, -0.2) is 4.39 Å². The Balaban J connectivity index is 1.64. The van der Waals surface area contributed by atoms with Gasteiger partial charge in [0.05, 0.1) is 0 Å². The third-order valence-corrected chi connectivity index (χ3v) is 5.06. The Morgan fingerprint density at radius 3 is 2.21 bits per heavy atom. The molecule has 1 aliphatic rings. The minimum Gasteiger partial charge on any atom is -0.368 e. The third kappa shape index (κ3) is 4.99. The van der Waals surface area contributed by atoms with Crippen LogP contribution in [-0.2, 0) is 9.59 Å². The van der Waals surface area contributed by atoms with Crippen LogP contribution in [0, 0.1) is 5.82 Å². The fourth-order valence-electron chi connectivity index (χ4n) is 3.38. The lowest BCUT2D eigenvalue weighted by Gasteiger charge is -2.37. The van der Waals surface area contributed by atoms with Crippen LogP contribution in [0.1, 0.15) is 24.2 Å². The van der Waals surface area contributed by atoms with Gasteiger partial charge in [0.25, 0.3) is 0 Å². The molecular weight excluding hydrogens is 373 g/mol. The lowest BCUT2D eigenvalue weighted by molar-refractivity contribution is -0.131. The molecule has 2 aromatic carbocycles. The van der Waals surface area contributed by atoms with Crippen molar-refractivity contribution in [2.45, 2.75) is 13.8 Å². The van der Waals surface area contributed by atoms with Crippen molar-refractivity contribution in [3.8, 4) is 0 Å². The predicted molar refractivity (Wildman–Crippen MR) is 110 cm³/mol. The van der Waals surface area contributed by atoms with Crippen molar-refractivity contribution in [1.29, 1.82) is 0 Å². The lowest BCUT2D eigenvalue weighted by atomic mass is 10.1. The molecule has 0 spiro atoms. The van der Waals surface area contributed by atoms with E-state index in [1.807, 2.05) is 0 Å². The van der Waals surface area contributed by atoms with Gasteiger partial charge in [-0.2, -0.15) is 0 Å². The number of amides is 2. The van der Waals surface area contributed by atoms with Gasteiger partial charge >= 0.3 is 0 Å². The molecule has 1 heterocycles. The smallest absolute Gasteiger partial charge is 0.242 e. The van der Waals surface area contributed by atoms with Gasteiger partial charge in [-0.3, -0.25) is 14.4 Å². The van der Waals surface area contributed by atoms with E-state index in [9.17, 15) is 18.8 Å². The second kappa shape index (κ2) is 8.86. The minimum absolute atomic E-state index is 0.0762. The standard InChI is InChI=1S/C22H24FN3O3/c1-16(27)18-4-3-5-21(14-18)26(17(2)28)15-22(29)25-12-10-24(11-13-25)20-8-6-19(23)7-9-20/h3-9,14H,10-13,15H2,1-2H3. The zero-order valence-corrected chi connectivity index (χ0v) is 16.6. The van der Waals surface area contributed by atoms with Crippen LogP contribution >= 0.6 is 0 Å². The molecule has 0 bridgehead atoms. The summed E-state index contributed by atoms with van der Waals surface area (Å²) in [5.41, 5.74) is 1.95. The quantitative estimate of drug-likeness (QED) is 0.728. The van der Waals surface area contributed by atoms with E-state index in [-0.39, 0.29) is 30.0 Å². The molecule has 3 rings (SSSR count). The number of carbonyl (C=O) groups excluding carboxylic acids is 3. The summed E-state index contributed by atoms with van der Waals surface area (Å²) >= 11 is 0. The maximum Gasteiger partial charge on any atom is 0.242 e. The van der Waals surface area contributed by atoms with Crippen LogP contribution in [0.2, 0.25) is 0 Å². The molecule has 0 atom stereocenters. The Labute approximate surface area is 169 Å². The van der Waals surface area contributed by atoms with Crippen LogP contribution < -0.4 is 9.80 Å². The zero-order valence-electron chi connectivity index (χ0n) is 16.6. The van der Waals surface area contributed by atoms with Crippen LogP contribution in [0.3, 0.4) is 0 Å². The maximum absolute atomic E-state index is 13.1. The van der Waals surface area contributed by atoms with Crippen molar-refractivity contribution in [2.75, 3.05) is 42.5 Å². The molecule has 0 N–H and O–H groups in total. The highest BCUT2D eigenvalue weighted by atomic mass is 19.1. The fourth-order valence-corrected chi connectivity index (χ4v) is 3.38. The van der Waals surface area contributed by atoms with Crippen LogP contribution in [0.25, 0.3) is 0 Å². The summed E-state index contributed by atoms with van der Waals surface area (Å²) in [6.07, 6.45) is 0. The van der Waals surface area contributed by atoms with Gasteiger partial charge in [-0.15, -0.1) is 0 Å². The second-order valence-corrected chi connectivity index (χ2v) is 7.06. The summed E-state index contributed by atoms with van der Waals surface area (Å²) in [7, 11) is 0. The summed E-state index contributed by atoms with van der Waals surface area (Å²) in [5.74, 6) is -0.782. The molecular formula is C22H24FN3O3. The second-order valence-electron chi connectivity index (χ2n) is 7.06. The molecule has 1 saturated heterocycles. The maximum atomic E-state index is 13.1. The predicted octanol–water partition coefficient (Wildman–Crippen LogP) is 2.73. The van der Waals surface area contributed by atoms with E-state index in [4.69, 9.17) is 0 Å². The average molecular weight is 397 g/mol. The highest BCUT2D eigenvalue weighted by Crippen LogP contribution is 2.19. The van der Waals surface area contributed by atoms with Gasteiger partial charge < -0.3 is 14.7 Å². The Hall–Kier alpha value is -3.22. The molecule has 29 heavy (non-hydrogen) atoms. The van der Waals surface area contributed by atoms with Crippen LogP contribution in [0.15, 0.2) is 48.5 Å². The number of nitrogens with zero attached hydrogens (tertiary/aromatic N) is 3. The molecule has 1 fully saturated rings. The normalized spacial score (nSPS) is 13.9. The molecule has 152 valence electrons. The molecule has 0 aliphatic carbocycles. The molecule has 1 aliphatic heterocycles. The van der Waals surface area contributed by atoms with Crippen molar-refractivity contribution in [3.63, 3.8) is 0 Å². The van der Waals surface area contributed by atoms with Gasteiger partial charge in [0.1, 0.15) is 12.4 Å². The number of ketones is 1. The number of rotatable bonds is 5. The summed E-state index contributed by atoms with van der Waals surface area (Å²) in [5, 5.41) is 0. The van der Waals surface area contributed by atoms with Gasteiger partial charge in [0.2, 0.25) is 11.8 Å². The number of benzene rings is 2. The highest BCUT2D eigenvalue weighted by molar-refractivity contribution is 6.00. The van der Waals surface area contributed by atoms with E-state index in [0.29, 0.717) is 37.4 Å². The van der Waals surface area contributed by atoms with Crippen LogP contribution in [0.4, 0.5) is 15.8 Å². The fraction of sp³-hybridized carbons (Fsp3) is 0.318. The number of halogens is 1. The Morgan fingerprint density at radius 2 is 1.62 bits per heavy atom. The van der Waals surface area contributed by atoms with E-state index in [0.717, 1.165) is 5.69 Å². The monoisotopic (exact) mass is 397 g/mol. The first-order chi connectivity index (χ1) is 13.8. The number of hydrogen-bond donors (Lipinski definition) is 0.